The summed E-state index contributed by atoms with van der Waals surface area (Å²) in [7, 11) is 0. The molecular formula is C18H15N5OS. The lowest BCUT2D eigenvalue weighted by atomic mass is 10.2. The zero-order chi connectivity index (χ0) is 17.1. The van der Waals surface area contributed by atoms with Gasteiger partial charge in [0.2, 0.25) is 5.89 Å². The summed E-state index contributed by atoms with van der Waals surface area (Å²) in [5, 5.41) is 17.2. The first-order chi connectivity index (χ1) is 12.3. The predicted octanol–water partition coefficient (Wildman–Crippen LogP) is 4.17. The molecule has 6 nitrogen and oxygen atoms in total. The van der Waals surface area contributed by atoms with Gasteiger partial charge in [-0.05, 0) is 31.2 Å². The van der Waals surface area contributed by atoms with E-state index in [9.17, 15) is 0 Å². The number of benzene rings is 2. The Morgan fingerprint density at radius 2 is 1.64 bits per heavy atom. The molecule has 1 atom stereocenters. The molecule has 0 amide bonds. The number of hydrogen-bond acceptors (Lipinski definition) is 6. The zero-order valence-corrected chi connectivity index (χ0v) is 14.3. The van der Waals surface area contributed by atoms with E-state index >= 15 is 0 Å². The van der Waals surface area contributed by atoms with Crippen LogP contribution in [0.15, 0.2) is 76.5 Å². The van der Waals surface area contributed by atoms with Crippen LogP contribution in [0, 0.1) is 0 Å². The lowest BCUT2D eigenvalue weighted by Gasteiger charge is -2.03. The van der Waals surface area contributed by atoms with Gasteiger partial charge in [0, 0.05) is 5.56 Å². The molecule has 0 N–H and O–H groups in total. The second kappa shape index (κ2) is 6.90. The fourth-order valence-electron chi connectivity index (χ4n) is 2.34. The standard InChI is InChI=1S/C18H15N5OS/c1-13(16-12-23(22-19-16)15-10-6-3-7-11-15)25-18-21-20-17(24-18)14-8-4-2-5-9-14/h2-13H,1H3. The second-order valence-corrected chi connectivity index (χ2v) is 6.71. The molecule has 0 saturated heterocycles. The fourth-order valence-corrected chi connectivity index (χ4v) is 3.08. The molecule has 0 aliphatic rings. The monoisotopic (exact) mass is 349 g/mol. The van der Waals surface area contributed by atoms with E-state index in [-0.39, 0.29) is 5.25 Å². The van der Waals surface area contributed by atoms with Gasteiger partial charge in [0.15, 0.2) is 0 Å². The van der Waals surface area contributed by atoms with Crippen molar-refractivity contribution in [2.45, 2.75) is 17.4 Å². The van der Waals surface area contributed by atoms with Crippen molar-refractivity contribution in [1.82, 2.24) is 25.2 Å². The number of aromatic nitrogens is 5. The van der Waals surface area contributed by atoms with Crippen LogP contribution in [0.3, 0.4) is 0 Å². The van der Waals surface area contributed by atoms with Gasteiger partial charge in [0.1, 0.15) is 0 Å². The highest BCUT2D eigenvalue weighted by Crippen LogP contribution is 2.34. The van der Waals surface area contributed by atoms with Crippen LogP contribution in [-0.2, 0) is 0 Å². The van der Waals surface area contributed by atoms with Gasteiger partial charge in [-0.15, -0.1) is 15.3 Å². The van der Waals surface area contributed by atoms with Crippen molar-refractivity contribution in [3.05, 3.63) is 72.6 Å². The minimum atomic E-state index is 0.0431. The van der Waals surface area contributed by atoms with Gasteiger partial charge in [-0.25, -0.2) is 4.68 Å². The first-order valence-corrected chi connectivity index (χ1v) is 8.71. The fraction of sp³-hybridized carbons (Fsp3) is 0.111. The highest BCUT2D eigenvalue weighted by molar-refractivity contribution is 7.99. The van der Waals surface area contributed by atoms with Crippen molar-refractivity contribution < 1.29 is 4.42 Å². The molecule has 0 radical (unpaired) electrons. The Hall–Kier alpha value is -2.93. The van der Waals surface area contributed by atoms with E-state index in [1.165, 1.54) is 11.8 Å². The summed E-state index contributed by atoms with van der Waals surface area (Å²) in [5.41, 5.74) is 2.74. The molecular weight excluding hydrogens is 334 g/mol. The summed E-state index contributed by atoms with van der Waals surface area (Å²) in [4.78, 5) is 0. The summed E-state index contributed by atoms with van der Waals surface area (Å²) >= 11 is 1.46. The molecule has 4 rings (SSSR count). The molecule has 4 aromatic rings. The Morgan fingerprint density at radius 1 is 0.920 bits per heavy atom. The van der Waals surface area contributed by atoms with E-state index in [4.69, 9.17) is 4.42 Å². The van der Waals surface area contributed by atoms with Crippen molar-refractivity contribution >= 4 is 11.8 Å². The minimum absolute atomic E-state index is 0.0431. The lowest BCUT2D eigenvalue weighted by Crippen LogP contribution is -1.93. The van der Waals surface area contributed by atoms with Crippen molar-refractivity contribution in [2.75, 3.05) is 0 Å². The second-order valence-electron chi connectivity index (χ2n) is 5.42. The maximum absolute atomic E-state index is 5.74. The van der Waals surface area contributed by atoms with Gasteiger partial charge >= 0.3 is 0 Å². The molecule has 2 aromatic carbocycles. The maximum Gasteiger partial charge on any atom is 0.277 e. The van der Waals surface area contributed by atoms with Gasteiger partial charge in [-0.1, -0.05) is 53.4 Å². The summed E-state index contributed by atoms with van der Waals surface area (Å²) in [5.74, 6) is 0.517. The highest BCUT2D eigenvalue weighted by atomic mass is 32.2. The molecule has 0 aliphatic carbocycles. The summed E-state index contributed by atoms with van der Waals surface area (Å²) in [6, 6.07) is 19.6. The third kappa shape index (κ3) is 3.46. The molecule has 2 aromatic heterocycles. The van der Waals surface area contributed by atoms with Crippen LogP contribution in [0.2, 0.25) is 0 Å². The molecule has 2 heterocycles. The van der Waals surface area contributed by atoms with Crippen LogP contribution in [0.1, 0.15) is 17.9 Å². The quantitative estimate of drug-likeness (QED) is 0.504. The van der Waals surface area contributed by atoms with E-state index in [0.29, 0.717) is 11.1 Å². The predicted molar refractivity (Wildman–Crippen MR) is 95.4 cm³/mol. The molecule has 1 unspecified atom stereocenters. The van der Waals surface area contributed by atoms with E-state index < -0.39 is 0 Å². The number of thioether (sulfide) groups is 1. The van der Waals surface area contributed by atoms with Crippen LogP contribution in [0.4, 0.5) is 0 Å². The minimum Gasteiger partial charge on any atom is -0.411 e. The maximum atomic E-state index is 5.74. The first kappa shape index (κ1) is 15.6. The Morgan fingerprint density at radius 3 is 2.40 bits per heavy atom. The van der Waals surface area contributed by atoms with Crippen LogP contribution >= 0.6 is 11.8 Å². The van der Waals surface area contributed by atoms with Crippen molar-refractivity contribution in [1.29, 1.82) is 0 Å². The van der Waals surface area contributed by atoms with Crippen LogP contribution < -0.4 is 0 Å². The molecule has 0 spiro atoms. The van der Waals surface area contributed by atoms with Gasteiger partial charge in [0.05, 0.1) is 22.8 Å². The highest BCUT2D eigenvalue weighted by Gasteiger charge is 2.17. The Balaban J connectivity index is 1.49. The molecule has 124 valence electrons. The Labute approximate surface area is 148 Å². The number of para-hydroxylation sites is 1. The molecule has 0 aliphatic heterocycles. The van der Waals surface area contributed by atoms with Crippen molar-refractivity contribution in [2.24, 2.45) is 0 Å². The normalized spacial score (nSPS) is 12.2. The smallest absolute Gasteiger partial charge is 0.277 e. The molecule has 0 fully saturated rings. The Kier molecular flexibility index (Phi) is 4.30. The number of nitrogens with zero attached hydrogens (tertiary/aromatic N) is 5. The SMILES string of the molecule is CC(Sc1nnc(-c2ccccc2)o1)c1cn(-c2ccccc2)nn1. The van der Waals surface area contributed by atoms with E-state index in [1.807, 2.05) is 73.8 Å². The van der Waals surface area contributed by atoms with E-state index in [0.717, 1.165) is 16.9 Å². The lowest BCUT2D eigenvalue weighted by molar-refractivity contribution is 0.465. The van der Waals surface area contributed by atoms with Crippen LogP contribution in [0.5, 0.6) is 0 Å². The van der Waals surface area contributed by atoms with Gasteiger partial charge < -0.3 is 4.42 Å². The van der Waals surface area contributed by atoms with Gasteiger partial charge in [-0.3, -0.25) is 0 Å². The van der Waals surface area contributed by atoms with E-state index in [1.54, 1.807) is 4.68 Å². The molecule has 25 heavy (non-hydrogen) atoms. The molecule has 0 bridgehead atoms. The summed E-state index contributed by atoms with van der Waals surface area (Å²) in [6.07, 6.45) is 1.92. The van der Waals surface area contributed by atoms with Crippen molar-refractivity contribution in [3.63, 3.8) is 0 Å². The largest absolute Gasteiger partial charge is 0.411 e. The zero-order valence-electron chi connectivity index (χ0n) is 13.5. The van der Waals surface area contributed by atoms with Crippen LogP contribution in [-0.4, -0.2) is 25.2 Å². The average Bonchev–Trinajstić information content (AvgIpc) is 3.33. The first-order valence-electron chi connectivity index (χ1n) is 7.83. The molecule has 7 heteroatoms. The molecule has 0 saturated carbocycles. The third-order valence-corrected chi connectivity index (χ3v) is 4.61. The van der Waals surface area contributed by atoms with Crippen molar-refractivity contribution in [3.8, 4) is 17.1 Å². The Bertz CT molecular complexity index is 952. The topological polar surface area (TPSA) is 69.6 Å². The summed E-state index contributed by atoms with van der Waals surface area (Å²) in [6.45, 7) is 2.04. The van der Waals surface area contributed by atoms with E-state index in [2.05, 4.69) is 20.5 Å². The number of hydrogen-bond donors (Lipinski definition) is 0. The third-order valence-electron chi connectivity index (χ3n) is 3.65. The average molecular weight is 349 g/mol. The van der Waals surface area contributed by atoms with Gasteiger partial charge in [-0.2, -0.15) is 0 Å². The van der Waals surface area contributed by atoms with Gasteiger partial charge in [0.25, 0.3) is 5.22 Å². The van der Waals surface area contributed by atoms with Crippen LogP contribution in [0.25, 0.3) is 17.1 Å². The number of rotatable bonds is 5. The summed E-state index contributed by atoms with van der Waals surface area (Å²) < 4.78 is 7.50.